The highest BCUT2D eigenvalue weighted by Crippen LogP contribution is 2.25. The van der Waals surface area contributed by atoms with E-state index in [0.717, 1.165) is 13.1 Å². The molecule has 21 heavy (non-hydrogen) atoms. The Labute approximate surface area is 132 Å². The maximum absolute atomic E-state index is 11.9. The molecule has 0 radical (unpaired) electrons. The molecule has 1 heterocycles. The van der Waals surface area contributed by atoms with Crippen LogP contribution in [0.5, 0.6) is 0 Å². The molecule has 1 aromatic carbocycles. The number of benzene rings is 1. The van der Waals surface area contributed by atoms with Crippen molar-refractivity contribution < 1.29 is 9.59 Å². The van der Waals surface area contributed by atoms with Gasteiger partial charge in [-0.25, -0.2) is 4.79 Å². The zero-order valence-electron chi connectivity index (χ0n) is 11.3. The Morgan fingerprint density at radius 2 is 1.95 bits per heavy atom. The van der Waals surface area contributed by atoms with Crippen LogP contribution in [0.1, 0.15) is 0 Å². The molecule has 8 heteroatoms. The van der Waals surface area contributed by atoms with Gasteiger partial charge in [0, 0.05) is 31.2 Å². The van der Waals surface area contributed by atoms with E-state index in [1.54, 1.807) is 23.1 Å². The van der Waals surface area contributed by atoms with Gasteiger partial charge in [0.25, 0.3) is 0 Å². The minimum atomic E-state index is -0.498. The van der Waals surface area contributed by atoms with Crippen molar-refractivity contribution in [3.63, 3.8) is 0 Å². The Balaban J connectivity index is 1.81. The van der Waals surface area contributed by atoms with Crippen molar-refractivity contribution in [1.29, 1.82) is 0 Å². The highest BCUT2D eigenvalue weighted by Gasteiger charge is 2.16. The van der Waals surface area contributed by atoms with E-state index in [0.29, 0.717) is 28.8 Å². The first-order chi connectivity index (χ1) is 10.1. The number of halogens is 2. The van der Waals surface area contributed by atoms with Gasteiger partial charge in [0.2, 0.25) is 5.91 Å². The molecule has 0 aromatic heterocycles. The van der Waals surface area contributed by atoms with Gasteiger partial charge in [-0.1, -0.05) is 23.2 Å². The lowest BCUT2D eigenvalue weighted by molar-refractivity contribution is -0.130. The second kappa shape index (κ2) is 7.49. The maximum atomic E-state index is 11.9. The van der Waals surface area contributed by atoms with E-state index in [1.165, 1.54) is 0 Å². The van der Waals surface area contributed by atoms with Crippen LogP contribution in [0.3, 0.4) is 0 Å². The maximum Gasteiger partial charge on any atom is 0.319 e. The first-order valence-corrected chi connectivity index (χ1v) is 7.30. The molecule has 114 valence electrons. The third-order valence-electron chi connectivity index (χ3n) is 3.05. The largest absolute Gasteiger partial charge is 0.339 e. The van der Waals surface area contributed by atoms with Crippen LogP contribution in [0.2, 0.25) is 10.0 Å². The molecule has 1 aromatic rings. The Bertz CT molecular complexity index is 533. The molecule has 3 amide bonds. The van der Waals surface area contributed by atoms with Gasteiger partial charge in [0.05, 0.1) is 17.3 Å². The Morgan fingerprint density at radius 1 is 1.24 bits per heavy atom. The van der Waals surface area contributed by atoms with E-state index in [2.05, 4.69) is 16.0 Å². The highest BCUT2D eigenvalue weighted by molar-refractivity contribution is 6.35. The number of carbonyl (C=O) groups is 2. The molecule has 0 spiro atoms. The summed E-state index contributed by atoms with van der Waals surface area (Å²) in [6.07, 6.45) is 0. The van der Waals surface area contributed by atoms with Crippen molar-refractivity contribution in [3.8, 4) is 0 Å². The molecular formula is C13H16Cl2N4O2. The number of urea groups is 1. The van der Waals surface area contributed by atoms with Gasteiger partial charge < -0.3 is 20.9 Å². The van der Waals surface area contributed by atoms with Gasteiger partial charge in [0.15, 0.2) is 0 Å². The summed E-state index contributed by atoms with van der Waals surface area (Å²) in [5.41, 5.74) is 0.399. The zero-order chi connectivity index (χ0) is 15.2. The second-order valence-electron chi connectivity index (χ2n) is 4.56. The van der Waals surface area contributed by atoms with Gasteiger partial charge >= 0.3 is 6.03 Å². The molecule has 6 nitrogen and oxygen atoms in total. The number of carbonyl (C=O) groups excluding carboxylic acids is 2. The van der Waals surface area contributed by atoms with E-state index in [9.17, 15) is 9.59 Å². The van der Waals surface area contributed by atoms with Gasteiger partial charge in [-0.3, -0.25) is 4.79 Å². The first kappa shape index (κ1) is 15.9. The van der Waals surface area contributed by atoms with Gasteiger partial charge in [-0.2, -0.15) is 0 Å². The first-order valence-electron chi connectivity index (χ1n) is 6.54. The van der Waals surface area contributed by atoms with E-state index in [4.69, 9.17) is 23.2 Å². The van der Waals surface area contributed by atoms with Crippen molar-refractivity contribution in [3.05, 3.63) is 28.2 Å². The minimum Gasteiger partial charge on any atom is -0.339 e. The van der Waals surface area contributed by atoms with Crippen molar-refractivity contribution in [2.24, 2.45) is 0 Å². The smallest absolute Gasteiger partial charge is 0.319 e. The van der Waals surface area contributed by atoms with Crippen LogP contribution in [0.4, 0.5) is 10.5 Å². The van der Waals surface area contributed by atoms with Crippen LogP contribution in [0.15, 0.2) is 18.2 Å². The van der Waals surface area contributed by atoms with Crippen LogP contribution in [0.25, 0.3) is 0 Å². The molecule has 1 aliphatic rings. The lowest BCUT2D eigenvalue weighted by atomic mass is 10.3. The van der Waals surface area contributed by atoms with Crippen molar-refractivity contribution in [2.45, 2.75) is 0 Å². The molecule has 2 rings (SSSR count). The summed E-state index contributed by atoms with van der Waals surface area (Å²) in [7, 11) is 0. The van der Waals surface area contributed by atoms with Crippen LogP contribution in [0, 0.1) is 0 Å². The quantitative estimate of drug-likeness (QED) is 0.787. The standard InChI is InChI=1S/C13H16Cl2N4O2/c14-9-1-2-10(15)11(7-9)18-13(21)17-8-12(20)19-5-3-16-4-6-19/h1-2,7,16H,3-6,8H2,(H2,17,18,21). The normalized spacial score (nSPS) is 14.7. The summed E-state index contributed by atoms with van der Waals surface area (Å²) in [5, 5.41) is 9.07. The molecule has 0 unspecified atom stereocenters. The fraction of sp³-hybridized carbons (Fsp3) is 0.385. The van der Waals surface area contributed by atoms with Crippen LogP contribution in [-0.4, -0.2) is 49.6 Å². The molecule has 0 bridgehead atoms. The lowest BCUT2D eigenvalue weighted by Gasteiger charge is -2.27. The second-order valence-corrected chi connectivity index (χ2v) is 5.41. The van der Waals surface area contributed by atoms with Gasteiger partial charge in [0.1, 0.15) is 0 Å². The fourth-order valence-electron chi connectivity index (χ4n) is 1.94. The molecule has 1 fully saturated rings. The fourth-order valence-corrected chi connectivity index (χ4v) is 2.28. The number of amides is 3. The number of nitrogens with zero attached hydrogens (tertiary/aromatic N) is 1. The number of rotatable bonds is 3. The summed E-state index contributed by atoms with van der Waals surface area (Å²) >= 11 is 11.8. The summed E-state index contributed by atoms with van der Waals surface area (Å²) in [6.45, 7) is 2.81. The number of hydrogen-bond donors (Lipinski definition) is 3. The SMILES string of the molecule is O=C(NCC(=O)N1CCNCC1)Nc1cc(Cl)ccc1Cl. The summed E-state index contributed by atoms with van der Waals surface area (Å²) < 4.78 is 0. The van der Waals surface area contributed by atoms with Gasteiger partial charge in [-0.05, 0) is 18.2 Å². The Morgan fingerprint density at radius 3 is 2.67 bits per heavy atom. The predicted octanol–water partition coefficient (Wildman–Crippen LogP) is 1.55. The topological polar surface area (TPSA) is 73.5 Å². The number of hydrogen-bond acceptors (Lipinski definition) is 3. The number of piperazine rings is 1. The van der Waals surface area contributed by atoms with Crippen LogP contribution < -0.4 is 16.0 Å². The van der Waals surface area contributed by atoms with E-state index >= 15 is 0 Å². The van der Waals surface area contributed by atoms with Crippen LogP contribution >= 0.6 is 23.2 Å². The van der Waals surface area contributed by atoms with Gasteiger partial charge in [-0.15, -0.1) is 0 Å². The van der Waals surface area contributed by atoms with Crippen molar-refractivity contribution >= 4 is 40.8 Å². The summed E-state index contributed by atoms with van der Waals surface area (Å²) in [5.74, 6) is -0.108. The summed E-state index contributed by atoms with van der Waals surface area (Å²) in [4.78, 5) is 25.4. The van der Waals surface area contributed by atoms with E-state index in [-0.39, 0.29) is 12.5 Å². The number of nitrogens with one attached hydrogen (secondary N) is 3. The third-order valence-corrected chi connectivity index (χ3v) is 3.61. The lowest BCUT2D eigenvalue weighted by Crippen LogP contribution is -2.49. The molecule has 0 saturated carbocycles. The van der Waals surface area contributed by atoms with E-state index < -0.39 is 6.03 Å². The Kier molecular flexibility index (Phi) is 5.67. The highest BCUT2D eigenvalue weighted by atomic mass is 35.5. The van der Waals surface area contributed by atoms with Crippen molar-refractivity contribution in [2.75, 3.05) is 38.0 Å². The predicted molar refractivity (Wildman–Crippen MR) is 82.9 cm³/mol. The third kappa shape index (κ3) is 4.77. The van der Waals surface area contributed by atoms with Crippen LogP contribution in [-0.2, 0) is 4.79 Å². The minimum absolute atomic E-state index is 0.0516. The monoisotopic (exact) mass is 330 g/mol. The summed E-state index contributed by atoms with van der Waals surface area (Å²) in [6, 6.07) is 4.26. The molecular weight excluding hydrogens is 315 g/mol. The zero-order valence-corrected chi connectivity index (χ0v) is 12.8. The Hall–Kier alpha value is -1.50. The average Bonchev–Trinajstić information content (AvgIpc) is 2.49. The number of anilines is 1. The molecule has 0 aliphatic carbocycles. The average molecular weight is 331 g/mol. The van der Waals surface area contributed by atoms with E-state index in [1.807, 2.05) is 0 Å². The van der Waals surface area contributed by atoms with Crippen molar-refractivity contribution in [1.82, 2.24) is 15.5 Å². The molecule has 0 atom stereocenters. The molecule has 1 saturated heterocycles. The molecule has 3 N–H and O–H groups in total. The molecule has 1 aliphatic heterocycles.